The summed E-state index contributed by atoms with van der Waals surface area (Å²) in [4.78, 5) is 6.92. The molecule has 1 aliphatic rings. The molecule has 0 aromatic carbocycles. The standard InChI is InChI=1S/C14H23N3/c1-11-7-12(2)9-17(8-11)10-13-5-4-6-16-14(13)15-3/h4-6,11-12H,7-10H2,1-3H3,(H,15,16). The molecule has 0 aliphatic carbocycles. The van der Waals surface area contributed by atoms with Gasteiger partial charge in [-0.1, -0.05) is 19.9 Å². The molecule has 1 aliphatic heterocycles. The summed E-state index contributed by atoms with van der Waals surface area (Å²) in [5, 5.41) is 3.17. The molecule has 3 nitrogen and oxygen atoms in total. The lowest BCUT2D eigenvalue weighted by atomic mass is 9.91. The summed E-state index contributed by atoms with van der Waals surface area (Å²) in [5.41, 5.74) is 1.30. The summed E-state index contributed by atoms with van der Waals surface area (Å²) in [7, 11) is 1.94. The van der Waals surface area contributed by atoms with Crippen LogP contribution in [-0.4, -0.2) is 30.0 Å². The Morgan fingerprint density at radius 1 is 1.35 bits per heavy atom. The molecule has 0 radical (unpaired) electrons. The molecule has 17 heavy (non-hydrogen) atoms. The van der Waals surface area contributed by atoms with E-state index in [-0.39, 0.29) is 0 Å². The van der Waals surface area contributed by atoms with Gasteiger partial charge >= 0.3 is 0 Å². The van der Waals surface area contributed by atoms with Crippen molar-refractivity contribution in [3.63, 3.8) is 0 Å². The van der Waals surface area contributed by atoms with E-state index < -0.39 is 0 Å². The predicted molar refractivity (Wildman–Crippen MR) is 72.0 cm³/mol. The normalized spacial score (nSPS) is 25.8. The van der Waals surface area contributed by atoms with Gasteiger partial charge in [0.25, 0.3) is 0 Å². The number of anilines is 1. The van der Waals surface area contributed by atoms with Crippen molar-refractivity contribution < 1.29 is 0 Å². The highest BCUT2D eigenvalue weighted by molar-refractivity contribution is 5.42. The van der Waals surface area contributed by atoms with Crippen LogP contribution in [0.2, 0.25) is 0 Å². The van der Waals surface area contributed by atoms with Gasteiger partial charge in [0.1, 0.15) is 5.82 Å². The number of nitrogens with zero attached hydrogens (tertiary/aromatic N) is 2. The molecule has 1 saturated heterocycles. The van der Waals surface area contributed by atoms with E-state index in [0.29, 0.717) is 0 Å². The highest BCUT2D eigenvalue weighted by atomic mass is 15.1. The Labute approximate surface area is 104 Å². The van der Waals surface area contributed by atoms with Crippen molar-refractivity contribution in [2.24, 2.45) is 11.8 Å². The lowest BCUT2D eigenvalue weighted by molar-refractivity contribution is 0.134. The monoisotopic (exact) mass is 233 g/mol. The maximum absolute atomic E-state index is 4.36. The van der Waals surface area contributed by atoms with Gasteiger partial charge in [0.05, 0.1) is 0 Å². The van der Waals surface area contributed by atoms with Gasteiger partial charge in [-0.25, -0.2) is 4.98 Å². The van der Waals surface area contributed by atoms with E-state index in [1.54, 1.807) is 0 Å². The highest BCUT2D eigenvalue weighted by Crippen LogP contribution is 2.23. The smallest absolute Gasteiger partial charge is 0.130 e. The molecule has 1 aromatic heterocycles. The van der Waals surface area contributed by atoms with E-state index in [0.717, 1.165) is 24.2 Å². The Morgan fingerprint density at radius 2 is 2.06 bits per heavy atom. The van der Waals surface area contributed by atoms with E-state index in [1.165, 1.54) is 25.1 Å². The first-order valence-corrected chi connectivity index (χ1v) is 6.53. The fraction of sp³-hybridized carbons (Fsp3) is 0.643. The second kappa shape index (κ2) is 5.50. The molecule has 0 amide bonds. The van der Waals surface area contributed by atoms with Crippen LogP contribution in [0.5, 0.6) is 0 Å². The summed E-state index contributed by atoms with van der Waals surface area (Å²) < 4.78 is 0. The van der Waals surface area contributed by atoms with Crippen molar-refractivity contribution in [2.45, 2.75) is 26.8 Å². The van der Waals surface area contributed by atoms with E-state index >= 15 is 0 Å². The van der Waals surface area contributed by atoms with Gasteiger partial charge < -0.3 is 5.32 Å². The first-order chi connectivity index (χ1) is 8.19. The largest absolute Gasteiger partial charge is 0.373 e. The molecular weight excluding hydrogens is 210 g/mol. The SMILES string of the molecule is CNc1ncccc1CN1CC(C)CC(C)C1. The van der Waals surface area contributed by atoms with Gasteiger partial charge in [-0.15, -0.1) is 0 Å². The van der Waals surface area contributed by atoms with Crippen molar-refractivity contribution in [3.8, 4) is 0 Å². The van der Waals surface area contributed by atoms with Gasteiger partial charge in [-0.3, -0.25) is 4.90 Å². The minimum Gasteiger partial charge on any atom is -0.373 e. The van der Waals surface area contributed by atoms with Gasteiger partial charge in [-0.05, 0) is 24.3 Å². The zero-order valence-corrected chi connectivity index (χ0v) is 11.1. The molecule has 1 N–H and O–H groups in total. The molecular formula is C14H23N3. The third kappa shape index (κ3) is 3.19. The topological polar surface area (TPSA) is 28.2 Å². The van der Waals surface area contributed by atoms with Gasteiger partial charge in [0, 0.05) is 38.4 Å². The maximum Gasteiger partial charge on any atom is 0.130 e. The number of pyridine rings is 1. The average Bonchev–Trinajstić information content (AvgIpc) is 2.28. The summed E-state index contributed by atoms with van der Waals surface area (Å²) >= 11 is 0. The summed E-state index contributed by atoms with van der Waals surface area (Å²) in [5.74, 6) is 2.64. The van der Waals surface area contributed by atoms with Crippen molar-refractivity contribution in [1.82, 2.24) is 9.88 Å². The number of aromatic nitrogens is 1. The highest BCUT2D eigenvalue weighted by Gasteiger charge is 2.22. The van der Waals surface area contributed by atoms with E-state index in [1.807, 2.05) is 19.3 Å². The molecule has 1 aromatic rings. The average molecular weight is 233 g/mol. The van der Waals surface area contributed by atoms with Crippen LogP contribution in [0, 0.1) is 11.8 Å². The number of piperidine rings is 1. The summed E-state index contributed by atoms with van der Waals surface area (Å²) in [6, 6.07) is 4.19. The van der Waals surface area contributed by atoms with Crippen LogP contribution < -0.4 is 5.32 Å². The van der Waals surface area contributed by atoms with Gasteiger partial charge in [0.15, 0.2) is 0 Å². The molecule has 2 heterocycles. The molecule has 3 heteroatoms. The Balaban J connectivity index is 2.04. The quantitative estimate of drug-likeness (QED) is 0.870. The Kier molecular flexibility index (Phi) is 4.00. The first-order valence-electron chi connectivity index (χ1n) is 6.53. The van der Waals surface area contributed by atoms with Gasteiger partial charge in [-0.2, -0.15) is 0 Å². The molecule has 2 rings (SSSR count). The third-order valence-electron chi connectivity index (χ3n) is 3.47. The number of likely N-dealkylation sites (tertiary alicyclic amines) is 1. The number of hydrogen-bond donors (Lipinski definition) is 1. The van der Waals surface area contributed by atoms with Crippen LogP contribution in [0.3, 0.4) is 0 Å². The number of hydrogen-bond acceptors (Lipinski definition) is 3. The minimum atomic E-state index is 0.813. The molecule has 0 bridgehead atoms. The van der Waals surface area contributed by atoms with Crippen molar-refractivity contribution in [1.29, 1.82) is 0 Å². The van der Waals surface area contributed by atoms with Crippen molar-refractivity contribution in [2.75, 3.05) is 25.5 Å². The van der Waals surface area contributed by atoms with Crippen LogP contribution in [0.1, 0.15) is 25.8 Å². The molecule has 0 spiro atoms. The third-order valence-corrected chi connectivity index (χ3v) is 3.47. The Hall–Kier alpha value is -1.09. The molecule has 2 unspecified atom stereocenters. The van der Waals surface area contributed by atoms with E-state index in [2.05, 4.69) is 35.1 Å². The fourth-order valence-electron chi connectivity index (χ4n) is 2.95. The molecule has 0 saturated carbocycles. The van der Waals surface area contributed by atoms with Crippen LogP contribution in [0.25, 0.3) is 0 Å². The minimum absolute atomic E-state index is 0.813. The van der Waals surface area contributed by atoms with Crippen LogP contribution in [0.4, 0.5) is 5.82 Å². The van der Waals surface area contributed by atoms with Crippen molar-refractivity contribution in [3.05, 3.63) is 23.9 Å². The van der Waals surface area contributed by atoms with Crippen molar-refractivity contribution >= 4 is 5.82 Å². The summed E-state index contributed by atoms with van der Waals surface area (Å²) in [6.45, 7) is 8.14. The lowest BCUT2D eigenvalue weighted by Gasteiger charge is -2.35. The molecule has 94 valence electrons. The number of nitrogens with one attached hydrogen (secondary N) is 1. The van der Waals surface area contributed by atoms with Gasteiger partial charge in [0.2, 0.25) is 0 Å². The summed E-state index contributed by atoms with van der Waals surface area (Å²) in [6.07, 6.45) is 3.21. The van der Waals surface area contributed by atoms with Crippen LogP contribution in [0.15, 0.2) is 18.3 Å². The zero-order chi connectivity index (χ0) is 12.3. The van der Waals surface area contributed by atoms with E-state index in [4.69, 9.17) is 0 Å². The second-order valence-electron chi connectivity index (χ2n) is 5.40. The number of rotatable bonds is 3. The van der Waals surface area contributed by atoms with Crippen LogP contribution >= 0.6 is 0 Å². The lowest BCUT2D eigenvalue weighted by Crippen LogP contribution is -2.38. The molecule has 2 atom stereocenters. The fourth-order valence-corrected chi connectivity index (χ4v) is 2.95. The maximum atomic E-state index is 4.36. The predicted octanol–water partition coefficient (Wildman–Crippen LogP) is 2.60. The Morgan fingerprint density at radius 3 is 2.71 bits per heavy atom. The second-order valence-corrected chi connectivity index (χ2v) is 5.40. The molecule has 1 fully saturated rings. The van der Waals surface area contributed by atoms with Crippen LogP contribution in [-0.2, 0) is 6.54 Å². The zero-order valence-electron chi connectivity index (χ0n) is 11.1. The van der Waals surface area contributed by atoms with E-state index in [9.17, 15) is 0 Å². The Bertz CT molecular complexity index is 354. The first kappa shape index (κ1) is 12.4.